The molecule has 2 atom stereocenters. The predicted molar refractivity (Wildman–Crippen MR) is 116 cm³/mol. The Labute approximate surface area is 179 Å². The van der Waals surface area contributed by atoms with Gasteiger partial charge in [0.15, 0.2) is 0 Å². The van der Waals surface area contributed by atoms with E-state index in [1.807, 2.05) is 31.5 Å². The number of amides is 2. The van der Waals surface area contributed by atoms with Crippen LogP contribution in [0.3, 0.4) is 0 Å². The van der Waals surface area contributed by atoms with Crippen LogP contribution in [-0.2, 0) is 16.0 Å². The van der Waals surface area contributed by atoms with Crippen LogP contribution < -0.4 is 5.32 Å². The lowest BCUT2D eigenvalue weighted by Crippen LogP contribution is -2.47. The smallest absolute Gasteiger partial charge is 0.243 e. The summed E-state index contributed by atoms with van der Waals surface area (Å²) >= 11 is 1.62. The number of nitrogens with one attached hydrogen (secondary N) is 1. The molecule has 1 aromatic carbocycles. The number of thiazole rings is 1. The number of carbonyl (C=O) groups is 2. The van der Waals surface area contributed by atoms with E-state index < -0.39 is 6.04 Å². The molecule has 0 spiro atoms. The first-order chi connectivity index (χ1) is 14.5. The van der Waals surface area contributed by atoms with Gasteiger partial charge in [0.2, 0.25) is 11.8 Å². The molecule has 30 heavy (non-hydrogen) atoms. The molecule has 0 aliphatic carbocycles. The van der Waals surface area contributed by atoms with Crippen LogP contribution in [0.1, 0.15) is 42.8 Å². The van der Waals surface area contributed by atoms with E-state index in [1.54, 1.807) is 34.6 Å². The van der Waals surface area contributed by atoms with Crippen LogP contribution >= 0.6 is 11.3 Å². The molecule has 0 radical (unpaired) electrons. The fourth-order valence-corrected chi connectivity index (χ4v) is 4.71. The Hall–Kier alpha value is -2.93. The summed E-state index contributed by atoms with van der Waals surface area (Å²) in [6.45, 7) is 4.58. The molecule has 0 unspecified atom stereocenters. The number of aryl methyl sites for hydroxylation is 1. The standard InChI is InChI=1S/C23H25N3O3S/c1-15(17-7-9-18(10-8-17)22-16(2)24-14-30-22)25-23(28)20-6-3-11-26(20)21(27)13-19-5-4-12-29-19/h4-5,7-10,12,14-15,20H,3,6,11,13H2,1-2H3,(H,25,28)/t15-,20-/m0/s1. The highest BCUT2D eigenvalue weighted by atomic mass is 32.1. The number of likely N-dealkylation sites (tertiary alicyclic amines) is 1. The summed E-state index contributed by atoms with van der Waals surface area (Å²) in [5.41, 5.74) is 5.03. The number of benzene rings is 1. The van der Waals surface area contributed by atoms with Crippen molar-refractivity contribution in [2.75, 3.05) is 6.54 Å². The molecule has 1 aliphatic heterocycles. The van der Waals surface area contributed by atoms with Crippen molar-refractivity contribution in [2.24, 2.45) is 0 Å². The van der Waals surface area contributed by atoms with Gasteiger partial charge in [-0.1, -0.05) is 24.3 Å². The van der Waals surface area contributed by atoms with E-state index in [0.29, 0.717) is 18.7 Å². The van der Waals surface area contributed by atoms with E-state index in [-0.39, 0.29) is 24.3 Å². The van der Waals surface area contributed by atoms with Crippen molar-refractivity contribution >= 4 is 23.2 Å². The van der Waals surface area contributed by atoms with Gasteiger partial charge in [0, 0.05) is 6.54 Å². The zero-order chi connectivity index (χ0) is 21.1. The minimum atomic E-state index is -0.422. The van der Waals surface area contributed by atoms with Gasteiger partial charge in [-0.05, 0) is 49.9 Å². The third-order valence-corrected chi connectivity index (χ3v) is 6.54. The van der Waals surface area contributed by atoms with E-state index in [9.17, 15) is 9.59 Å². The van der Waals surface area contributed by atoms with Crippen LogP contribution in [-0.4, -0.2) is 34.3 Å². The number of furan rings is 1. The fraction of sp³-hybridized carbons (Fsp3) is 0.348. The highest BCUT2D eigenvalue weighted by Gasteiger charge is 2.34. The van der Waals surface area contributed by atoms with Gasteiger partial charge in [0.25, 0.3) is 0 Å². The van der Waals surface area contributed by atoms with Crippen LogP contribution in [0.5, 0.6) is 0 Å². The number of hydrogen-bond acceptors (Lipinski definition) is 5. The second-order valence-electron chi connectivity index (χ2n) is 7.62. The van der Waals surface area contributed by atoms with Crippen LogP contribution in [0, 0.1) is 6.92 Å². The Morgan fingerprint density at radius 3 is 2.77 bits per heavy atom. The average Bonchev–Trinajstić information content (AvgIpc) is 3.49. The SMILES string of the molecule is Cc1ncsc1-c1ccc([C@H](C)NC(=O)[C@@H]2CCCN2C(=O)Cc2ccco2)cc1. The van der Waals surface area contributed by atoms with E-state index in [2.05, 4.69) is 22.4 Å². The van der Waals surface area contributed by atoms with Crippen molar-refractivity contribution in [1.29, 1.82) is 0 Å². The summed E-state index contributed by atoms with van der Waals surface area (Å²) in [6.07, 6.45) is 3.26. The molecule has 6 nitrogen and oxygen atoms in total. The van der Waals surface area contributed by atoms with Crippen LogP contribution in [0.15, 0.2) is 52.6 Å². The number of aromatic nitrogens is 1. The normalized spacial score (nSPS) is 17.1. The Bertz CT molecular complexity index is 1010. The molecule has 1 aliphatic rings. The first kappa shape index (κ1) is 20.3. The van der Waals surface area contributed by atoms with Crippen molar-refractivity contribution in [3.63, 3.8) is 0 Å². The van der Waals surface area contributed by atoms with Crippen LogP contribution in [0.4, 0.5) is 0 Å². The van der Waals surface area contributed by atoms with Gasteiger partial charge in [-0.3, -0.25) is 9.59 Å². The number of hydrogen-bond donors (Lipinski definition) is 1. The van der Waals surface area contributed by atoms with E-state index >= 15 is 0 Å². The van der Waals surface area contributed by atoms with Gasteiger partial charge >= 0.3 is 0 Å². The van der Waals surface area contributed by atoms with Gasteiger partial charge in [0.1, 0.15) is 11.8 Å². The summed E-state index contributed by atoms with van der Waals surface area (Å²) in [5, 5.41) is 3.08. The Morgan fingerprint density at radius 2 is 2.10 bits per heavy atom. The molecule has 156 valence electrons. The molecule has 2 aromatic heterocycles. The van der Waals surface area contributed by atoms with Gasteiger partial charge in [0.05, 0.1) is 34.8 Å². The molecule has 4 rings (SSSR count). The summed E-state index contributed by atoms with van der Waals surface area (Å²) in [4.78, 5) is 32.7. The van der Waals surface area contributed by atoms with E-state index in [0.717, 1.165) is 28.1 Å². The molecule has 3 heterocycles. The maximum Gasteiger partial charge on any atom is 0.243 e. The minimum absolute atomic E-state index is 0.0699. The van der Waals surface area contributed by atoms with E-state index in [4.69, 9.17) is 4.42 Å². The van der Waals surface area contributed by atoms with Gasteiger partial charge in [-0.2, -0.15) is 0 Å². The number of nitrogens with zero attached hydrogens (tertiary/aromatic N) is 2. The molecular formula is C23H25N3O3S. The zero-order valence-corrected chi connectivity index (χ0v) is 17.9. The monoisotopic (exact) mass is 423 g/mol. The number of rotatable bonds is 6. The first-order valence-corrected chi connectivity index (χ1v) is 11.0. The Kier molecular flexibility index (Phi) is 5.99. The fourth-order valence-electron chi connectivity index (χ4n) is 3.90. The molecule has 0 bridgehead atoms. The quantitative estimate of drug-likeness (QED) is 0.647. The van der Waals surface area contributed by atoms with Gasteiger partial charge in [-0.25, -0.2) is 4.98 Å². The molecule has 7 heteroatoms. The summed E-state index contributed by atoms with van der Waals surface area (Å²) in [7, 11) is 0. The largest absolute Gasteiger partial charge is 0.469 e. The van der Waals surface area contributed by atoms with Crippen LogP contribution in [0.2, 0.25) is 0 Å². The molecule has 2 amide bonds. The van der Waals surface area contributed by atoms with Gasteiger partial charge in [-0.15, -0.1) is 11.3 Å². The minimum Gasteiger partial charge on any atom is -0.469 e. The third kappa shape index (κ3) is 4.31. The summed E-state index contributed by atoms with van der Waals surface area (Å²) in [5.74, 6) is 0.449. The lowest BCUT2D eigenvalue weighted by atomic mass is 10.0. The highest BCUT2D eigenvalue weighted by molar-refractivity contribution is 7.13. The second kappa shape index (κ2) is 8.83. The summed E-state index contributed by atoms with van der Waals surface area (Å²) in [6, 6.07) is 11.2. The Balaban J connectivity index is 1.39. The molecule has 1 N–H and O–H groups in total. The molecular weight excluding hydrogens is 398 g/mol. The topological polar surface area (TPSA) is 75.4 Å². The number of carbonyl (C=O) groups excluding carboxylic acids is 2. The average molecular weight is 424 g/mol. The van der Waals surface area contributed by atoms with Crippen molar-refractivity contribution in [3.05, 3.63) is 65.2 Å². The van der Waals surface area contributed by atoms with E-state index in [1.165, 1.54) is 0 Å². The predicted octanol–water partition coefficient (Wildman–Crippen LogP) is 4.12. The molecule has 1 fully saturated rings. The maximum atomic E-state index is 12.9. The van der Waals surface area contributed by atoms with Gasteiger partial charge < -0.3 is 14.6 Å². The second-order valence-corrected chi connectivity index (χ2v) is 8.48. The first-order valence-electron chi connectivity index (χ1n) is 10.2. The Morgan fingerprint density at radius 1 is 1.30 bits per heavy atom. The van der Waals surface area contributed by atoms with Crippen molar-refractivity contribution < 1.29 is 14.0 Å². The molecule has 3 aromatic rings. The molecule has 0 saturated carbocycles. The summed E-state index contributed by atoms with van der Waals surface area (Å²) < 4.78 is 5.27. The van der Waals surface area contributed by atoms with Crippen LogP contribution in [0.25, 0.3) is 10.4 Å². The molecule has 1 saturated heterocycles. The van der Waals surface area contributed by atoms with Crippen molar-refractivity contribution in [1.82, 2.24) is 15.2 Å². The third-order valence-electron chi connectivity index (χ3n) is 5.56. The lowest BCUT2D eigenvalue weighted by Gasteiger charge is -2.25. The maximum absolute atomic E-state index is 12.9. The van der Waals surface area contributed by atoms with Crippen molar-refractivity contribution in [3.8, 4) is 10.4 Å². The zero-order valence-electron chi connectivity index (χ0n) is 17.1. The van der Waals surface area contributed by atoms with Crippen molar-refractivity contribution in [2.45, 2.75) is 45.2 Å². The highest BCUT2D eigenvalue weighted by Crippen LogP contribution is 2.28. The lowest BCUT2D eigenvalue weighted by molar-refractivity contribution is -0.138.